The smallest absolute Gasteiger partial charge is 0.306 e. The van der Waals surface area contributed by atoms with Crippen LogP contribution < -0.4 is 0 Å². The van der Waals surface area contributed by atoms with Crippen molar-refractivity contribution in [2.24, 2.45) is 5.92 Å². The number of esters is 1. The highest BCUT2D eigenvalue weighted by atomic mass is 16.5. The van der Waals surface area contributed by atoms with Gasteiger partial charge in [0.1, 0.15) is 0 Å². The van der Waals surface area contributed by atoms with E-state index in [0.29, 0.717) is 12.3 Å². The summed E-state index contributed by atoms with van der Waals surface area (Å²) in [4.78, 5) is 10.9. The Balaban J connectivity index is 3.38. The maximum atomic E-state index is 10.9. The molecule has 0 aliphatic heterocycles. The molecule has 1 radical (unpaired) electrons. The summed E-state index contributed by atoms with van der Waals surface area (Å²) in [5.41, 5.74) is 0. The zero-order valence-corrected chi connectivity index (χ0v) is 7.76. The lowest BCUT2D eigenvalue weighted by Gasteiger charge is -2.08. The normalized spacial score (nSPS) is 10.7. The van der Waals surface area contributed by atoms with Gasteiger partial charge < -0.3 is 4.74 Å². The summed E-state index contributed by atoms with van der Waals surface area (Å²) in [7, 11) is 0. The fourth-order valence-corrected chi connectivity index (χ4v) is 0.643. The SMILES string of the molecule is CC(C)[CH]CC(=O)OC(C)C. The lowest BCUT2D eigenvalue weighted by molar-refractivity contribution is -0.146. The van der Waals surface area contributed by atoms with Gasteiger partial charge in [0, 0.05) is 6.42 Å². The Morgan fingerprint density at radius 3 is 2.27 bits per heavy atom. The predicted molar refractivity (Wildman–Crippen MR) is 45.0 cm³/mol. The third-order valence-electron chi connectivity index (χ3n) is 1.12. The van der Waals surface area contributed by atoms with E-state index in [1.807, 2.05) is 34.1 Å². The summed E-state index contributed by atoms with van der Waals surface area (Å²) in [6.45, 7) is 7.80. The zero-order valence-electron chi connectivity index (χ0n) is 7.76. The largest absolute Gasteiger partial charge is 0.463 e. The fraction of sp³-hybridized carbons (Fsp3) is 0.778. The molecule has 0 saturated heterocycles. The fourth-order valence-electron chi connectivity index (χ4n) is 0.643. The van der Waals surface area contributed by atoms with Gasteiger partial charge >= 0.3 is 5.97 Å². The van der Waals surface area contributed by atoms with Crippen LogP contribution in [0.25, 0.3) is 0 Å². The molecule has 0 bridgehead atoms. The first-order valence-electron chi connectivity index (χ1n) is 4.05. The zero-order chi connectivity index (χ0) is 8.85. The molecule has 0 rings (SSSR count). The Labute approximate surface area is 68.9 Å². The van der Waals surface area contributed by atoms with E-state index in [1.165, 1.54) is 0 Å². The van der Waals surface area contributed by atoms with Crippen LogP contribution >= 0.6 is 0 Å². The minimum atomic E-state index is -0.131. The molecule has 11 heavy (non-hydrogen) atoms. The Bertz CT molecular complexity index is 117. The van der Waals surface area contributed by atoms with Crippen LogP contribution in [0.4, 0.5) is 0 Å². The van der Waals surface area contributed by atoms with Gasteiger partial charge in [-0.1, -0.05) is 13.8 Å². The molecule has 2 heteroatoms. The molecule has 0 spiro atoms. The van der Waals surface area contributed by atoms with Gasteiger partial charge in [-0.15, -0.1) is 0 Å². The molecule has 2 nitrogen and oxygen atoms in total. The molecule has 0 fully saturated rings. The maximum Gasteiger partial charge on any atom is 0.306 e. The second-order valence-corrected chi connectivity index (χ2v) is 3.22. The highest BCUT2D eigenvalue weighted by molar-refractivity contribution is 5.70. The molecule has 0 aromatic rings. The molecule has 0 aromatic heterocycles. The summed E-state index contributed by atoms with van der Waals surface area (Å²) < 4.78 is 4.93. The quantitative estimate of drug-likeness (QED) is 0.585. The third kappa shape index (κ3) is 7.37. The van der Waals surface area contributed by atoms with Gasteiger partial charge in [0.15, 0.2) is 0 Å². The average molecular weight is 157 g/mol. The summed E-state index contributed by atoms with van der Waals surface area (Å²) in [6, 6.07) is 0. The maximum absolute atomic E-state index is 10.9. The van der Waals surface area contributed by atoms with Crippen molar-refractivity contribution >= 4 is 5.97 Å². The first kappa shape index (κ1) is 10.5. The molecule has 0 aliphatic rings. The second-order valence-electron chi connectivity index (χ2n) is 3.22. The van der Waals surface area contributed by atoms with Gasteiger partial charge in [-0.05, 0) is 26.2 Å². The monoisotopic (exact) mass is 157 g/mol. The number of carbonyl (C=O) groups excluding carboxylic acids is 1. The molecule has 0 N–H and O–H groups in total. The second kappa shape index (κ2) is 5.16. The van der Waals surface area contributed by atoms with E-state index in [1.54, 1.807) is 0 Å². The number of hydrogen-bond donors (Lipinski definition) is 0. The predicted octanol–water partition coefficient (Wildman–Crippen LogP) is 2.19. The van der Waals surface area contributed by atoms with E-state index >= 15 is 0 Å². The van der Waals surface area contributed by atoms with Gasteiger partial charge in [-0.2, -0.15) is 0 Å². The molecular weight excluding hydrogens is 140 g/mol. The van der Waals surface area contributed by atoms with Crippen LogP contribution in [0.1, 0.15) is 34.1 Å². The van der Waals surface area contributed by atoms with Crippen molar-refractivity contribution in [1.82, 2.24) is 0 Å². The van der Waals surface area contributed by atoms with Gasteiger partial charge in [-0.25, -0.2) is 0 Å². The van der Waals surface area contributed by atoms with E-state index in [9.17, 15) is 4.79 Å². The number of ether oxygens (including phenoxy) is 1. The minimum Gasteiger partial charge on any atom is -0.463 e. The van der Waals surface area contributed by atoms with Gasteiger partial charge in [0.2, 0.25) is 0 Å². The van der Waals surface area contributed by atoms with Crippen LogP contribution in [-0.4, -0.2) is 12.1 Å². The van der Waals surface area contributed by atoms with Crippen molar-refractivity contribution in [2.45, 2.75) is 40.2 Å². The number of rotatable bonds is 4. The van der Waals surface area contributed by atoms with E-state index in [4.69, 9.17) is 4.74 Å². The molecule has 0 unspecified atom stereocenters. The van der Waals surface area contributed by atoms with Crippen LogP contribution in [-0.2, 0) is 9.53 Å². The van der Waals surface area contributed by atoms with Crippen molar-refractivity contribution < 1.29 is 9.53 Å². The molecule has 0 aliphatic carbocycles. The Hall–Kier alpha value is -0.530. The standard InChI is InChI=1S/C9H17O2/c1-7(2)5-6-9(10)11-8(3)4/h5,7-8H,6H2,1-4H3. The average Bonchev–Trinajstić information content (AvgIpc) is 1.82. The first-order chi connectivity index (χ1) is 5.02. The van der Waals surface area contributed by atoms with Crippen molar-refractivity contribution in [1.29, 1.82) is 0 Å². The van der Waals surface area contributed by atoms with Crippen LogP contribution in [0.15, 0.2) is 0 Å². The van der Waals surface area contributed by atoms with Crippen LogP contribution in [0.2, 0.25) is 0 Å². The van der Waals surface area contributed by atoms with E-state index < -0.39 is 0 Å². The molecular formula is C9H17O2. The van der Waals surface area contributed by atoms with Crippen molar-refractivity contribution in [2.75, 3.05) is 0 Å². The third-order valence-corrected chi connectivity index (χ3v) is 1.12. The van der Waals surface area contributed by atoms with Crippen LogP contribution in [0.3, 0.4) is 0 Å². The van der Waals surface area contributed by atoms with Crippen molar-refractivity contribution in [3.8, 4) is 0 Å². The van der Waals surface area contributed by atoms with E-state index in [-0.39, 0.29) is 12.1 Å². The Kier molecular flexibility index (Phi) is 4.92. The lowest BCUT2D eigenvalue weighted by atomic mass is 10.1. The summed E-state index contributed by atoms with van der Waals surface area (Å²) in [5.74, 6) is 0.323. The van der Waals surface area contributed by atoms with E-state index in [0.717, 1.165) is 0 Å². The molecule has 0 amide bonds. The van der Waals surface area contributed by atoms with Gasteiger partial charge in [0.25, 0.3) is 0 Å². The Morgan fingerprint density at radius 1 is 1.36 bits per heavy atom. The van der Waals surface area contributed by atoms with E-state index in [2.05, 4.69) is 0 Å². The van der Waals surface area contributed by atoms with Crippen molar-refractivity contribution in [3.63, 3.8) is 0 Å². The molecule has 0 aromatic carbocycles. The summed E-state index contributed by atoms with van der Waals surface area (Å²) in [6.07, 6.45) is 2.38. The van der Waals surface area contributed by atoms with Crippen LogP contribution in [0.5, 0.6) is 0 Å². The minimum absolute atomic E-state index is 0.00284. The lowest BCUT2D eigenvalue weighted by Crippen LogP contribution is -2.11. The summed E-state index contributed by atoms with van der Waals surface area (Å²) >= 11 is 0. The topological polar surface area (TPSA) is 26.3 Å². The first-order valence-corrected chi connectivity index (χ1v) is 4.05. The highest BCUT2D eigenvalue weighted by Crippen LogP contribution is 2.03. The number of carbonyl (C=O) groups is 1. The molecule has 0 atom stereocenters. The van der Waals surface area contributed by atoms with Gasteiger partial charge in [-0.3, -0.25) is 4.79 Å². The molecule has 0 heterocycles. The molecule has 65 valence electrons. The van der Waals surface area contributed by atoms with Crippen LogP contribution in [0, 0.1) is 12.3 Å². The van der Waals surface area contributed by atoms with Crippen molar-refractivity contribution in [3.05, 3.63) is 6.42 Å². The van der Waals surface area contributed by atoms with Gasteiger partial charge in [0.05, 0.1) is 6.10 Å². The molecule has 0 saturated carbocycles. The summed E-state index contributed by atoms with van der Waals surface area (Å²) in [5, 5.41) is 0. The number of hydrogen-bond acceptors (Lipinski definition) is 2. The highest BCUT2D eigenvalue weighted by Gasteiger charge is 2.05. The Morgan fingerprint density at radius 2 is 1.91 bits per heavy atom.